The molecule has 2 amide bonds. The third-order valence-corrected chi connectivity index (χ3v) is 1.29. The molecule has 0 radical (unpaired) electrons. The van der Waals surface area contributed by atoms with Gasteiger partial charge in [-0.2, -0.15) is 0 Å². The van der Waals surface area contributed by atoms with Crippen LogP contribution in [0.4, 0.5) is 4.79 Å². The Kier molecular flexibility index (Phi) is 2.16. The van der Waals surface area contributed by atoms with E-state index in [1.54, 1.807) is 4.90 Å². The van der Waals surface area contributed by atoms with Crippen molar-refractivity contribution in [1.82, 2.24) is 10.2 Å². The van der Waals surface area contributed by atoms with Gasteiger partial charge in [-0.3, -0.25) is 0 Å². The average Bonchev–Trinajstić information content (AvgIpc) is 2.63. The lowest BCUT2D eigenvalue weighted by molar-refractivity contribution is 0.230. The molecule has 0 spiro atoms. The van der Waals surface area contributed by atoms with Gasteiger partial charge in [-0.1, -0.05) is 0 Å². The summed E-state index contributed by atoms with van der Waals surface area (Å²) in [4.78, 5) is 12.4. The van der Waals surface area contributed by atoms with Crippen LogP contribution in [0.2, 0.25) is 0 Å². The minimum Gasteiger partial charge on any atom is -0.337 e. The summed E-state index contributed by atoms with van der Waals surface area (Å²) in [7, 11) is 0. The average molecular weight is 149 g/mol. The zero-order chi connectivity index (χ0) is 6.69. The summed E-state index contributed by atoms with van der Waals surface area (Å²) in [5.41, 5.74) is 0. The first-order valence-electron chi connectivity index (χ1n) is 2.93. The summed E-state index contributed by atoms with van der Waals surface area (Å²) in [6.07, 6.45) is 0. The number of nitrogens with zero attached hydrogens (tertiary/aromatic N) is 1. The largest absolute Gasteiger partial charge is 0.337 e. The Morgan fingerprint density at radius 2 is 2.33 bits per heavy atom. The van der Waals surface area contributed by atoms with Crippen molar-refractivity contribution in [3.63, 3.8) is 0 Å². The first-order valence-corrected chi connectivity index (χ1v) is 3.47. The minimum absolute atomic E-state index is 0.00986. The lowest BCUT2D eigenvalue weighted by Gasteiger charge is -2.00. The van der Waals surface area contributed by atoms with Crippen LogP contribution in [0.1, 0.15) is 0 Å². The van der Waals surface area contributed by atoms with Gasteiger partial charge in [-0.25, -0.2) is 4.79 Å². The fraction of sp³-hybridized carbons (Fsp3) is 0.800. The van der Waals surface area contributed by atoms with Gasteiger partial charge in [0.05, 0.1) is 0 Å². The molecule has 3 nitrogen and oxygen atoms in total. The summed E-state index contributed by atoms with van der Waals surface area (Å²) in [5.74, 6) is 0.486. The second-order valence-corrected chi connectivity index (χ2v) is 2.29. The van der Waals surface area contributed by atoms with Crippen LogP contribution >= 0.6 is 11.6 Å². The lowest BCUT2D eigenvalue weighted by Crippen LogP contribution is -2.29. The van der Waals surface area contributed by atoms with Crippen LogP contribution in [0.5, 0.6) is 0 Å². The van der Waals surface area contributed by atoms with E-state index in [9.17, 15) is 4.79 Å². The lowest BCUT2D eigenvalue weighted by atomic mass is 10.7. The van der Waals surface area contributed by atoms with Crippen LogP contribution in [0, 0.1) is 0 Å². The van der Waals surface area contributed by atoms with Gasteiger partial charge in [0.2, 0.25) is 0 Å². The molecule has 1 N–H and O–H groups in total. The van der Waals surface area contributed by atoms with Crippen molar-refractivity contribution >= 4 is 17.6 Å². The van der Waals surface area contributed by atoms with E-state index in [0.29, 0.717) is 12.4 Å². The van der Waals surface area contributed by atoms with Crippen molar-refractivity contribution in [2.24, 2.45) is 0 Å². The van der Waals surface area contributed by atoms with E-state index < -0.39 is 0 Å². The normalized spacial score (nSPS) is 15.4. The standard InChI is InChI=1S/C5H9ClN2O/c6-1-2-7-5(9)8-3-4-8/h1-4H2,(H,7,9). The highest BCUT2D eigenvalue weighted by Crippen LogP contribution is 2.01. The Balaban J connectivity index is 2.03. The molecule has 0 aromatic heterocycles. The predicted octanol–water partition coefficient (Wildman–Crippen LogP) is 0.250. The molecule has 0 aromatic carbocycles. The van der Waals surface area contributed by atoms with Crippen molar-refractivity contribution in [3.05, 3.63) is 0 Å². The van der Waals surface area contributed by atoms with E-state index in [0.717, 1.165) is 13.1 Å². The minimum atomic E-state index is 0.00986. The van der Waals surface area contributed by atoms with E-state index in [4.69, 9.17) is 11.6 Å². The van der Waals surface area contributed by atoms with E-state index in [-0.39, 0.29) is 6.03 Å². The number of halogens is 1. The molecule has 1 rings (SSSR count). The molecule has 1 fully saturated rings. The van der Waals surface area contributed by atoms with Gasteiger partial charge in [0.1, 0.15) is 0 Å². The van der Waals surface area contributed by atoms with Crippen molar-refractivity contribution in [3.8, 4) is 0 Å². The second-order valence-electron chi connectivity index (χ2n) is 1.91. The molecule has 52 valence electrons. The molecule has 0 unspecified atom stereocenters. The fourth-order valence-corrected chi connectivity index (χ4v) is 0.614. The van der Waals surface area contributed by atoms with Crippen molar-refractivity contribution < 1.29 is 4.79 Å². The molecule has 0 aliphatic carbocycles. The Hall–Kier alpha value is -0.440. The zero-order valence-corrected chi connectivity index (χ0v) is 5.82. The van der Waals surface area contributed by atoms with Crippen LogP contribution in [0.15, 0.2) is 0 Å². The summed E-state index contributed by atoms with van der Waals surface area (Å²) >= 11 is 5.34. The van der Waals surface area contributed by atoms with Crippen LogP contribution < -0.4 is 5.32 Å². The molecule has 0 aromatic rings. The first kappa shape index (κ1) is 6.68. The number of nitrogens with one attached hydrogen (secondary N) is 1. The number of hydrogen-bond acceptors (Lipinski definition) is 1. The number of hydrogen-bond donors (Lipinski definition) is 1. The second kappa shape index (κ2) is 2.92. The van der Waals surface area contributed by atoms with Crippen LogP contribution in [-0.4, -0.2) is 36.4 Å². The monoisotopic (exact) mass is 148 g/mol. The van der Waals surface area contributed by atoms with E-state index in [2.05, 4.69) is 5.32 Å². The summed E-state index contributed by atoms with van der Waals surface area (Å²) < 4.78 is 0. The number of carbonyl (C=O) groups excluding carboxylic acids is 1. The molecule has 1 aliphatic rings. The molecule has 9 heavy (non-hydrogen) atoms. The van der Waals surface area contributed by atoms with E-state index in [1.807, 2.05) is 0 Å². The molecule has 1 heterocycles. The quantitative estimate of drug-likeness (QED) is 0.442. The molecular formula is C5H9ClN2O. The smallest absolute Gasteiger partial charge is 0.317 e. The van der Waals surface area contributed by atoms with Crippen molar-refractivity contribution in [2.75, 3.05) is 25.5 Å². The SMILES string of the molecule is O=C(NCCCl)N1CC1. The Bertz CT molecular complexity index is 114. The van der Waals surface area contributed by atoms with Crippen molar-refractivity contribution in [1.29, 1.82) is 0 Å². The maximum atomic E-state index is 10.7. The highest BCUT2D eigenvalue weighted by Gasteiger charge is 2.22. The molecule has 0 bridgehead atoms. The van der Waals surface area contributed by atoms with E-state index in [1.165, 1.54) is 0 Å². The van der Waals surface area contributed by atoms with Gasteiger partial charge in [-0.15, -0.1) is 11.6 Å². The number of alkyl halides is 1. The van der Waals surface area contributed by atoms with Crippen LogP contribution in [-0.2, 0) is 0 Å². The molecule has 0 saturated carbocycles. The van der Waals surface area contributed by atoms with Gasteiger partial charge < -0.3 is 10.2 Å². The molecule has 1 saturated heterocycles. The molecule has 1 aliphatic heterocycles. The van der Waals surface area contributed by atoms with Gasteiger partial charge in [0.15, 0.2) is 0 Å². The van der Waals surface area contributed by atoms with Gasteiger partial charge in [0.25, 0.3) is 0 Å². The van der Waals surface area contributed by atoms with Gasteiger partial charge in [0, 0.05) is 25.5 Å². The van der Waals surface area contributed by atoms with Crippen LogP contribution in [0.3, 0.4) is 0 Å². The Morgan fingerprint density at radius 1 is 1.67 bits per heavy atom. The number of carbonyl (C=O) groups is 1. The highest BCUT2D eigenvalue weighted by atomic mass is 35.5. The summed E-state index contributed by atoms with van der Waals surface area (Å²) in [6.45, 7) is 2.36. The maximum Gasteiger partial charge on any atom is 0.317 e. The third kappa shape index (κ3) is 2.10. The van der Waals surface area contributed by atoms with Gasteiger partial charge in [-0.05, 0) is 0 Å². The van der Waals surface area contributed by atoms with E-state index >= 15 is 0 Å². The number of urea groups is 1. The molecule has 4 heteroatoms. The summed E-state index contributed by atoms with van der Waals surface area (Å²) in [6, 6.07) is 0.00986. The number of rotatable bonds is 2. The fourth-order valence-electron chi connectivity index (χ4n) is 0.519. The van der Waals surface area contributed by atoms with Crippen LogP contribution in [0.25, 0.3) is 0 Å². The topological polar surface area (TPSA) is 32.1 Å². The van der Waals surface area contributed by atoms with Gasteiger partial charge >= 0.3 is 6.03 Å². The maximum absolute atomic E-state index is 10.7. The number of amides is 2. The Labute approximate surface area is 59.0 Å². The zero-order valence-electron chi connectivity index (χ0n) is 5.06. The first-order chi connectivity index (χ1) is 4.34. The van der Waals surface area contributed by atoms with Crippen molar-refractivity contribution in [2.45, 2.75) is 0 Å². The Morgan fingerprint density at radius 3 is 2.78 bits per heavy atom. The molecule has 0 atom stereocenters. The highest BCUT2D eigenvalue weighted by molar-refractivity contribution is 6.18. The predicted molar refractivity (Wildman–Crippen MR) is 35.7 cm³/mol. The molecular weight excluding hydrogens is 140 g/mol. The third-order valence-electron chi connectivity index (χ3n) is 1.11. The summed E-state index contributed by atoms with van der Waals surface area (Å²) in [5, 5.41) is 2.65.